The third-order valence-corrected chi connectivity index (χ3v) is 5.88. The average Bonchev–Trinajstić information content (AvgIpc) is 3.33. The summed E-state index contributed by atoms with van der Waals surface area (Å²) in [6.07, 6.45) is -2.47. The molecule has 0 aliphatic carbocycles. The monoisotopic (exact) mass is 446 g/mol. The van der Waals surface area contributed by atoms with E-state index in [1.165, 1.54) is 27.6 Å². The van der Waals surface area contributed by atoms with Crippen LogP contribution in [0.25, 0.3) is 28.1 Å². The fourth-order valence-corrected chi connectivity index (χ4v) is 4.36. The van der Waals surface area contributed by atoms with E-state index in [4.69, 9.17) is 17.3 Å². The summed E-state index contributed by atoms with van der Waals surface area (Å²) in [5, 5.41) is 9.60. The summed E-state index contributed by atoms with van der Waals surface area (Å²) in [5.41, 5.74) is 7.46. The van der Waals surface area contributed by atoms with Crippen molar-refractivity contribution >= 4 is 28.2 Å². The van der Waals surface area contributed by atoms with Crippen molar-refractivity contribution in [3.8, 4) is 11.5 Å². The maximum atomic E-state index is 14.0. The normalized spacial score (nSPS) is 18.8. The molecule has 2 unspecified atom stereocenters. The lowest BCUT2D eigenvalue weighted by Crippen LogP contribution is -2.38. The molecule has 160 valence electrons. The zero-order valence-corrected chi connectivity index (χ0v) is 17.0. The summed E-state index contributed by atoms with van der Waals surface area (Å²) in [6.45, 7) is 0.491. The van der Waals surface area contributed by atoms with Crippen LogP contribution in [0.15, 0.2) is 48.7 Å². The summed E-state index contributed by atoms with van der Waals surface area (Å²) in [4.78, 5) is 5.95. The minimum Gasteiger partial charge on any atom is -0.326 e. The molecule has 2 atom stereocenters. The Balaban J connectivity index is 1.62. The Kier molecular flexibility index (Phi) is 4.84. The van der Waals surface area contributed by atoms with Crippen molar-refractivity contribution in [2.75, 3.05) is 13.1 Å². The largest absolute Gasteiger partial charge is 0.408 e. The molecule has 0 bridgehead atoms. The first kappa shape index (κ1) is 20.2. The van der Waals surface area contributed by atoms with Crippen molar-refractivity contribution in [1.82, 2.24) is 24.5 Å². The van der Waals surface area contributed by atoms with Crippen LogP contribution in [0.1, 0.15) is 18.0 Å². The number of nitrogens with two attached hydrogens (primary N) is 1. The van der Waals surface area contributed by atoms with Crippen LogP contribution in [0.2, 0.25) is 5.02 Å². The predicted molar refractivity (Wildman–Crippen MR) is 112 cm³/mol. The van der Waals surface area contributed by atoms with E-state index in [1.807, 2.05) is 18.2 Å². The highest BCUT2D eigenvalue weighted by Gasteiger charge is 2.46. The van der Waals surface area contributed by atoms with Crippen molar-refractivity contribution in [1.29, 1.82) is 0 Å². The first-order valence-corrected chi connectivity index (χ1v) is 10.2. The van der Waals surface area contributed by atoms with Gasteiger partial charge in [-0.05, 0) is 30.2 Å². The molecule has 0 spiro atoms. The predicted octanol–water partition coefficient (Wildman–Crippen LogP) is 4.23. The quantitative estimate of drug-likeness (QED) is 0.509. The van der Waals surface area contributed by atoms with E-state index in [-0.39, 0.29) is 18.2 Å². The number of aromatic nitrogens is 4. The second-order valence-corrected chi connectivity index (χ2v) is 8.12. The molecule has 4 aromatic rings. The van der Waals surface area contributed by atoms with Crippen molar-refractivity contribution in [3.05, 3.63) is 59.2 Å². The molecule has 5 rings (SSSR count). The molecule has 0 radical (unpaired) electrons. The summed E-state index contributed by atoms with van der Waals surface area (Å²) in [5.74, 6) is 0.345. The Hall–Kier alpha value is -2.75. The van der Waals surface area contributed by atoms with E-state index in [2.05, 4.69) is 15.2 Å². The summed E-state index contributed by atoms with van der Waals surface area (Å²) in [7, 11) is 0. The molecule has 1 aliphatic rings. The van der Waals surface area contributed by atoms with E-state index in [1.54, 1.807) is 12.1 Å². The van der Waals surface area contributed by atoms with Gasteiger partial charge >= 0.3 is 6.18 Å². The van der Waals surface area contributed by atoms with Crippen molar-refractivity contribution in [2.45, 2.75) is 24.7 Å². The maximum absolute atomic E-state index is 14.0. The highest BCUT2D eigenvalue weighted by molar-refractivity contribution is 6.35. The Bertz CT molecular complexity index is 1270. The number of hydrogen-bond acceptors (Lipinski definition) is 5. The second kappa shape index (κ2) is 7.44. The molecular formula is C21H18ClF3N6. The van der Waals surface area contributed by atoms with Gasteiger partial charge < -0.3 is 5.73 Å². The molecular weight excluding hydrogens is 429 g/mol. The lowest BCUT2D eigenvalue weighted by Gasteiger charge is -2.30. The number of benzene rings is 1. The van der Waals surface area contributed by atoms with Gasteiger partial charge in [0.05, 0.1) is 10.5 Å². The lowest BCUT2D eigenvalue weighted by atomic mass is 10.1. The minimum atomic E-state index is -4.44. The van der Waals surface area contributed by atoms with Gasteiger partial charge in [0.2, 0.25) is 0 Å². The molecule has 6 nitrogen and oxygen atoms in total. The van der Waals surface area contributed by atoms with Crippen LogP contribution in [0.4, 0.5) is 13.2 Å². The van der Waals surface area contributed by atoms with Gasteiger partial charge in [-0.1, -0.05) is 35.9 Å². The van der Waals surface area contributed by atoms with E-state index in [0.29, 0.717) is 40.7 Å². The fraction of sp³-hybridized carbons (Fsp3) is 0.286. The van der Waals surface area contributed by atoms with Crippen LogP contribution in [0.5, 0.6) is 0 Å². The number of hydrogen-bond donors (Lipinski definition) is 1. The third-order valence-electron chi connectivity index (χ3n) is 5.57. The van der Waals surface area contributed by atoms with Gasteiger partial charge in [-0.15, -0.1) is 10.2 Å². The van der Waals surface area contributed by atoms with Gasteiger partial charge in [-0.3, -0.25) is 9.30 Å². The standard InChI is InChI=1S/C21H18ClF3N6/c22-15-3-1-2-12-4-6-16(27-18(12)15)20-29-28-17-7-5-13(10-31(17)20)19(21(23,24)25)30-9-8-14(26)11-30/h1-7,10,14,19H,8-9,11,26H2. The highest BCUT2D eigenvalue weighted by atomic mass is 35.5. The molecule has 31 heavy (non-hydrogen) atoms. The van der Waals surface area contributed by atoms with Crippen molar-refractivity contribution in [3.63, 3.8) is 0 Å². The summed E-state index contributed by atoms with van der Waals surface area (Å²) >= 11 is 6.26. The van der Waals surface area contributed by atoms with Gasteiger partial charge in [0.1, 0.15) is 11.7 Å². The van der Waals surface area contributed by atoms with Gasteiger partial charge in [-0.2, -0.15) is 13.2 Å². The van der Waals surface area contributed by atoms with Crippen molar-refractivity contribution < 1.29 is 13.2 Å². The van der Waals surface area contributed by atoms with Crippen LogP contribution >= 0.6 is 11.6 Å². The molecule has 0 amide bonds. The fourth-order valence-electron chi connectivity index (χ4n) is 4.14. The van der Waals surface area contributed by atoms with Gasteiger partial charge in [-0.25, -0.2) is 4.98 Å². The van der Waals surface area contributed by atoms with E-state index < -0.39 is 12.2 Å². The van der Waals surface area contributed by atoms with Crippen molar-refractivity contribution in [2.24, 2.45) is 5.73 Å². The molecule has 3 aromatic heterocycles. The molecule has 10 heteroatoms. The topological polar surface area (TPSA) is 72.3 Å². The Morgan fingerprint density at radius 1 is 1.10 bits per heavy atom. The SMILES string of the molecule is NC1CCN(C(c2ccc3nnc(-c4ccc5cccc(Cl)c5n4)n3c2)C(F)(F)F)C1. The molecule has 1 aromatic carbocycles. The first-order valence-electron chi connectivity index (χ1n) is 9.78. The highest BCUT2D eigenvalue weighted by Crippen LogP contribution is 2.39. The molecule has 1 saturated heterocycles. The number of rotatable bonds is 3. The van der Waals surface area contributed by atoms with Crippen LogP contribution in [-0.4, -0.2) is 49.8 Å². The van der Waals surface area contributed by atoms with Crippen LogP contribution in [0, 0.1) is 0 Å². The Labute approximate surface area is 180 Å². The number of nitrogens with zero attached hydrogens (tertiary/aromatic N) is 5. The smallest absolute Gasteiger partial charge is 0.326 e. The minimum absolute atomic E-state index is 0.106. The van der Waals surface area contributed by atoms with E-state index in [9.17, 15) is 13.2 Å². The maximum Gasteiger partial charge on any atom is 0.408 e. The summed E-state index contributed by atoms with van der Waals surface area (Å²) in [6, 6.07) is 10.0. The second-order valence-electron chi connectivity index (χ2n) is 7.71. The average molecular weight is 447 g/mol. The molecule has 4 heterocycles. The third kappa shape index (κ3) is 3.62. The van der Waals surface area contributed by atoms with E-state index in [0.717, 1.165) is 5.39 Å². The van der Waals surface area contributed by atoms with Crippen LogP contribution in [-0.2, 0) is 0 Å². The Morgan fingerprint density at radius 3 is 2.68 bits per heavy atom. The number of likely N-dealkylation sites (tertiary alicyclic amines) is 1. The molecule has 2 N–H and O–H groups in total. The zero-order valence-electron chi connectivity index (χ0n) is 16.2. The van der Waals surface area contributed by atoms with Crippen LogP contribution in [0.3, 0.4) is 0 Å². The Morgan fingerprint density at radius 2 is 1.94 bits per heavy atom. The number of alkyl halides is 3. The number of para-hydroxylation sites is 1. The molecule has 0 saturated carbocycles. The lowest BCUT2D eigenvalue weighted by molar-refractivity contribution is -0.183. The number of pyridine rings is 2. The van der Waals surface area contributed by atoms with Gasteiger partial charge in [0, 0.05) is 30.7 Å². The van der Waals surface area contributed by atoms with E-state index >= 15 is 0 Å². The molecule has 1 aliphatic heterocycles. The zero-order chi connectivity index (χ0) is 21.8. The van der Waals surface area contributed by atoms with Gasteiger partial charge in [0.25, 0.3) is 0 Å². The number of fused-ring (bicyclic) bond motifs is 2. The van der Waals surface area contributed by atoms with Gasteiger partial charge in [0.15, 0.2) is 11.5 Å². The first-order chi connectivity index (χ1) is 14.8. The number of halogens is 4. The van der Waals surface area contributed by atoms with Crippen LogP contribution < -0.4 is 5.73 Å². The molecule has 1 fully saturated rings. The summed E-state index contributed by atoms with van der Waals surface area (Å²) < 4.78 is 43.5.